The average Bonchev–Trinajstić information content (AvgIpc) is 2.71. The third-order valence-electron chi connectivity index (χ3n) is 2.88. The van der Waals surface area contributed by atoms with E-state index in [1.807, 2.05) is 41.0 Å². The fourth-order valence-electron chi connectivity index (χ4n) is 2.07. The third-order valence-corrected chi connectivity index (χ3v) is 3.25. The first-order valence-corrected chi connectivity index (χ1v) is 5.85. The van der Waals surface area contributed by atoms with Gasteiger partial charge in [0.05, 0.1) is 11.1 Å². The SMILES string of the molecule is O=Cc1c(Cl)n(-c2ccccc2)c2ccncc12. The average molecular weight is 257 g/mol. The monoisotopic (exact) mass is 256 g/mol. The highest BCUT2D eigenvalue weighted by Gasteiger charge is 2.15. The number of carbonyl (C=O) groups is 1. The van der Waals surface area contributed by atoms with E-state index in [2.05, 4.69) is 4.98 Å². The fourth-order valence-corrected chi connectivity index (χ4v) is 2.40. The summed E-state index contributed by atoms with van der Waals surface area (Å²) in [6, 6.07) is 11.5. The molecular formula is C14H9ClN2O. The first-order valence-electron chi connectivity index (χ1n) is 5.47. The molecule has 88 valence electrons. The lowest BCUT2D eigenvalue weighted by molar-refractivity contribution is 0.112. The van der Waals surface area contributed by atoms with Crippen LogP contribution in [-0.4, -0.2) is 15.8 Å². The van der Waals surface area contributed by atoms with Crippen LogP contribution in [0.3, 0.4) is 0 Å². The van der Waals surface area contributed by atoms with Gasteiger partial charge in [0.25, 0.3) is 0 Å². The number of rotatable bonds is 2. The predicted octanol–water partition coefficient (Wildman–Crippen LogP) is 3.49. The lowest BCUT2D eigenvalue weighted by Gasteiger charge is -2.06. The second-order valence-electron chi connectivity index (χ2n) is 3.89. The number of halogens is 1. The molecule has 18 heavy (non-hydrogen) atoms. The predicted molar refractivity (Wildman–Crippen MR) is 71.5 cm³/mol. The number of nitrogens with zero attached hydrogens (tertiary/aromatic N) is 2. The van der Waals surface area contributed by atoms with Gasteiger partial charge >= 0.3 is 0 Å². The Morgan fingerprint density at radius 3 is 2.67 bits per heavy atom. The normalized spacial score (nSPS) is 10.7. The molecule has 0 bridgehead atoms. The molecule has 2 aromatic heterocycles. The molecule has 0 N–H and O–H groups in total. The van der Waals surface area contributed by atoms with Crippen molar-refractivity contribution in [2.24, 2.45) is 0 Å². The lowest BCUT2D eigenvalue weighted by atomic mass is 10.2. The van der Waals surface area contributed by atoms with Crippen molar-refractivity contribution < 1.29 is 4.79 Å². The first-order chi connectivity index (χ1) is 8.83. The summed E-state index contributed by atoms with van der Waals surface area (Å²) in [4.78, 5) is 15.2. The molecule has 0 atom stereocenters. The molecule has 0 aliphatic heterocycles. The van der Waals surface area contributed by atoms with E-state index < -0.39 is 0 Å². The van der Waals surface area contributed by atoms with Crippen molar-refractivity contribution in [2.45, 2.75) is 0 Å². The summed E-state index contributed by atoms with van der Waals surface area (Å²) in [6.45, 7) is 0. The quantitative estimate of drug-likeness (QED) is 0.658. The van der Waals surface area contributed by atoms with Crippen molar-refractivity contribution in [3.05, 3.63) is 59.5 Å². The number of carbonyl (C=O) groups excluding carboxylic acids is 1. The molecule has 0 amide bonds. The van der Waals surface area contributed by atoms with Crippen molar-refractivity contribution >= 4 is 28.8 Å². The minimum atomic E-state index is 0.416. The van der Waals surface area contributed by atoms with E-state index in [9.17, 15) is 4.79 Å². The zero-order valence-electron chi connectivity index (χ0n) is 9.38. The molecule has 0 radical (unpaired) electrons. The molecule has 0 spiro atoms. The summed E-state index contributed by atoms with van der Waals surface area (Å²) in [5.41, 5.74) is 2.28. The maximum Gasteiger partial charge on any atom is 0.153 e. The second kappa shape index (κ2) is 4.27. The van der Waals surface area contributed by atoms with Crippen LogP contribution in [0.15, 0.2) is 48.8 Å². The van der Waals surface area contributed by atoms with Gasteiger partial charge < -0.3 is 0 Å². The highest BCUT2D eigenvalue weighted by Crippen LogP contribution is 2.31. The van der Waals surface area contributed by atoms with E-state index in [1.54, 1.807) is 12.4 Å². The van der Waals surface area contributed by atoms with E-state index in [0.717, 1.165) is 22.9 Å². The molecule has 0 aliphatic rings. The number of aldehydes is 1. The van der Waals surface area contributed by atoms with E-state index in [4.69, 9.17) is 11.6 Å². The van der Waals surface area contributed by atoms with Gasteiger partial charge in [-0.1, -0.05) is 29.8 Å². The van der Waals surface area contributed by atoms with E-state index in [1.165, 1.54) is 0 Å². The Kier molecular flexibility index (Phi) is 2.61. The zero-order chi connectivity index (χ0) is 12.5. The molecule has 0 saturated carbocycles. The Morgan fingerprint density at radius 2 is 1.94 bits per heavy atom. The number of benzene rings is 1. The van der Waals surface area contributed by atoms with E-state index in [-0.39, 0.29) is 0 Å². The van der Waals surface area contributed by atoms with Gasteiger partial charge in [-0.3, -0.25) is 14.3 Å². The van der Waals surface area contributed by atoms with Gasteiger partial charge in [-0.15, -0.1) is 0 Å². The maximum absolute atomic E-state index is 11.2. The zero-order valence-corrected chi connectivity index (χ0v) is 10.1. The highest BCUT2D eigenvalue weighted by molar-refractivity contribution is 6.34. The van der Waals surface area contributed by atoms with Crippen LogP contribution in [-0.2, 0) is 0 Å². The Morgan fingerprint density at radius 1 is 1.17 bits per heavy atom. The Hall–Kier alpha value is -2.13. The van der Waals surface area contributed by atoms with Gasteiger partial charge in [-0.2, -0.15) is 0 Å². The van der Waals surface area contributed by atoms with Gasteiger partial charge in [0.2, 0.25) is 0 Å². The standard InChI is InChI=1S/C14H9ClN2O/c15-14-12(9-18)11-8-16-7-6-13(11)17(14)10-4-2-1-3-5-10/h1-9H. The minimum absolute atomic E-state index is 0.416. The van der Waals surface area contributed by atoms with Crippen LogP contribution in [0, 0.1) is 0 Å². The summed E-state index contributed by atoms with van der Waals surface area (Å²) in [5, 5.41) is 1.18. The molecule has 3 nitrogen and oxygen atoms in total. The van der Waals surface area contributed by atoms with Crippen LogP contribution in [0.25, 0.3) is 16.6 Å². The Balaban J connectivity index is 2.43. The third kappa shape index (κ3) is 1.52. The summed E-state index contributed by atoms with van der Waals surface area (Å²) in [6.07, 6.45) is 4.11. The number of para-hydroxylation sites is 1. The van der Waals surface area contributed by atoms with Crippen LogP contribution in [0.5, 0.6) is 0 Å². The molecule has 1 aromatic carbocycles. The van der Waals surface area contributed by atoms with E-state index >= 15 is 0 Å². The topological polar surface area (TPSA) is 34.9 Å². The van der Waals surface area contributed by atoms with Crippen molar-refractivity contribution in [1.82, 2.24) is 9.55 Å². The summed E-state index contributed by atoms with van der Waals surface area (Å²) >= 11 is 6.29. The minimum Gasteiger partial charge on any atom is -0.299 e. The largest absolute Gasteiger partial charge is 0.299 e. The molecule has 0 aliphatic carbocycles. The lowest BCUT2D eigenvalue weighted by Crippen LogP contribution is -1.93. The number of hydrogen-bond acceptors (Lipinski definition) is 2. The van der Waals surface area contributed by atoms with E-state index in [0.29, 0.717) is 10.7 Å². The molecule has 0 unspecified atom stereocenters. The first kappa shape index (κ1) is 11.0. The molecule has 4 heteroatoms. The summed E-state index contributed by atoms with van der Waals surface area (Å²) < 4.78 is 1.85. The maximum atomic E-state index is 11.2. The van der Waals surface area contributed by atoms with Crippen molar-refractivity contribution in [3.8, 4) is 5.69 Å². The van der Waals surface area contributed by atoms with Gasteiger partial charge in [0.15, 0.2) is 6.29 Å². The van der Waals surface area contributed by atoms with Crippen molar-refractivity contribution in [1.29, 1.82) is 0 Å². The molecule has 3 rings (SSSR count). The van der Waals surface area contributed by atoms with Crippen LogP contribution < -0.4 is 0 Å². The van der Waals surface area contributed by atoms with Gasteiger partial charge in [0.1, 0.15) is 5.15 Å². The second-order valence-corrected chi connectivity index (χ2v) is 4.24. The van der Waals surface area contributed by atoms with Crippen molar-refractivity contribution in [3.63, 3.8) is 0 Å². The van der Waals surface area contributed by atoms with Gasteiger partial charge in [-0.25, -0.2) is 0 Å². The number of fused-ring (bicyclic) bond motifs is 1. The Labute approximate surface area is 109 Å². The molecule has 2 heterocycles. The highest BCUT2D eigenvalue weighted by atomic mass is 35.5. The van der Waals surface area contributed by atoms with Crippen molar-refractivity contribution in [2.75, 3.05) is 0 Å². The molecular weight excluding hydrogens is 248 g/mol. The molecule has 0 fully saturated rings. The van der Waals surface area contributed by atoms with Crippen LogP contribution in [0.1, 0.15) is 10.4 Å². The van der Waals surface area contributed by atoms with Gasteiger partial charge in [-0.05, 0) is 18.2 Å². The number of hydrogen-bond donors (Lipinski definition) is 0. The van der Waals surface area contributed by atoms with Crippen LogP contribution >= 0.6 is 11.6 Å². The Bertz CT molecular complexity index is 719. The smallest absolute Gasteiger partial charge is 0.153 e. The number of aromatic nitrogens is 2. The van der Waals surface area contributed by atoms with Crippen LogP contribution in [0.2, 0.25) is 5.15 Å². The van der Waals surface area contributed by atoms with Crippen LogP contribution in [0.4, 0.5) is 0 Å². The summed E-state index contributed by atoms with van der Waals surface area (Å²) in [5.74, 6) is 0. The van der Waals surface area contributed by atoms with Gasteiger partial charge in [0, 0.05) is 23.5 Å². The molecule has 3 aromatic rings. The summed E-state index contributed by atoms with van der Waals surface area (Å²) in [7, 11) is 0. The molecule has 0 saturated heterocycles. The number of pyridine rings is 1. The fraction of sp³-hybridized carbons (Fsp3) is 0.